The summed E-state index contributed by atoms with van der Waals surface area (Å²) in [7, 11) is 0. The molecule has 0 bridgehead atoms. The van der Waals surface area contributed by atoms with Gasteiger partial charge in [-0.05, 0) is 66.5 Å². The molecule has 1 heterocycles. The smallest absolute Gasteiger partial charge is 0.224 e. The molecule has 1 atom stereocenters. The number of ether oxygens (including phenoxy) is 1. The summed E-state index contributed by atoms with van der Waals surface area (Å²) in [5.74, 6) is 2.18. The molecule has 2 aliphatic carbocycles. The van der Waals surface area contributed by atoms with Gasteiger partial charge in [-0.15, -0.1) is 0 Å². The van der Waals surface area contributed by atoms with Crippen LogP contribution in [-0.4, -0.2) is 19.1 Å². The lowest BCUT2D eigenvalue weighted by atomic mass is 9.68. The van der Waals surface area contributed by atoms with Crippen molar-refractivity contribution >= 4 is 11.6 Å². The molecule has 1 amide bonds. The molecule has 0 radical (unpaired) electrons. The number of rotatable bonds is 6. The minimum atomic E-state index is 0.198. The van der Waals surface area contributed by atoms with Crippen LogP contribution in [0.5, 0.6) is 0 Å². The lowest BCUT2D eigenvalue weighted by Gasteiger charge is -2.37. The highest BCUT2D eigenvalue weighted by Crippen LogP contribution is 2.58. The van der Waals surface area contributed by atoms with Crippen molar-refractivity contribution in [2.24, 2.45) is 17.3 Å². The van der Waals surface area contributed by atoms with Crippen LogP contribution in [0.1, 0.15) is 69.8 Å². The van der Waals surface area contributed by atoms with Gasteiger partial charge < -0.3 is 10.1 Å². The quantitative estimate of drug-likeness (QED) is 0.779. The number of nitrogens with one attached hydrogen (secondary N) is 1. The van der Waals surface area contributed by atoms with Crippen LogP contribution in [0, 0.1) is 17.3 Å². The van der Waals surface area contributed by atoms with Gasteiger partial charge in [-0.3, -0.25) is 4.79 Å². The Kier molecular flexibility index (Phi) is 4.86. The topological polar surface area (TPSA) is 38.3 Å². The summed E-state index contributed by atoms with van der Waals surface area (Å²) in [6, 6.07) is 8.49. The Balaban J connectivity index is 1.34. The van der Waals surface area contributed by atoms with Crippen molar-refractivity contribution in [2.75, 3.05) is 18.5 Å². The second kappa shape index (κ2) is 7.11. The van der Waals surface area contributed by atoms with E-state index < -0.39 is 0 Å². The van der Waals surface area contributed by atoms with E-state index in [9.17, 15) is 4.79 Å². The van der Waals surface area contributed by atoms with E-state index in [-0.39, 0.29) is 5.91 Å². The first kappa shape index (κ1) is 17.1. The summed E-state index contributed by atoms with van der Waals surface area (Å²) in [6.45, 7) is 4.11. The van der Waals surface area contributed by atoms with Crippen molar-refractivity contribution in [2.45, 2.75) is 64.2 Å². The molecule has 0 aromatic heterocycles. The van der Waals surface area contributed by atoms with Gasteiger partial charge >= 0.3 is 0 Å². The van der Waals surface area contributed by atoms with Gasteiger partial charge in [-0.2, -0.15) is 0 Å². The second-order valence-corrected chi connectivity index (χ2v) is 8.71. The summed E-state index contributed by atoms with van der Waals surface area (Å²) >= 11 is 0. The summed E-state index contributed by atoms with van der Waals surface area (Å²) in [4.78, 5) is 12.6. The first-order valence-electron chi connectivity index (χ1n) is 10.1. The molecule has 3 nitrogen and oxygen atoms in total. The lowest BCUT2D eigenvalue weighted by Crippen LogP contribution is -2.32. The summed E-state index contributed by atoms with van der Waals surface area (Å²) in [5.41, 5.74) is 2.75. The van der Waals surface area contributed by atoms with Crippen LogP contribution >= 0.6 is 0 Å². The van der Waals surface area contributed by atoms with Crippen molar-refractivity contribution in [3.63, 3.8) is 0 Å². The monoisotopic (exact) mass is 341 g/mol. The average molecular weight is 341 g/mol. The van der Waals surface area contributed by atoms with Crippen LogP contribution in [-0.2, 0) is 9.53 Å². The molecule has 1 unspecified atom stereocenters. The molecular weight excluding hydrogens is 310 g/mol. The predicted molar refractivity (Wildman–Crippen MR) is 101 cm³/mol. The van der Waals surface area contributed by atoms with Gasteiger partial charge in [0.1, 0.15) is 0 Å². The SMILES string of the molecule is CC1(C(CC(=O)Nc2ccc(C3CCOCC3)cc2)C2CCC2)CC1. The molecule has 1 aromatic rings. The van der Waals surface area contributed by atoms with Crippen LogP contribution in [0.25, 0.3) is 0 Å². The maximum Gasteiger partial charge on any atom is 0.224 e. The third kappa shape index (κ3) is 3.92. The van der Waals surface area contributed by atoms with Gasteiger partial charge in [0.25, 0.3) is 0 Å². The maximum atomic E-state index is 12.6. The molecule has 0 spiro atoms. The zero-order chi connectivity index (χ0) is 17.3. The van der Waals surface area contributed by atoms with Crippen molar-refractivity contribution in [1.29, 1.82) is 0 Å². The standard InChI is InChI=1S/C22H31NO2/c1-22(11-12-22)20(18-3-2-4-18)15-21(24)23-19-7-5-16(6-8-19)17-9-13-25-14-10-17/h5-8,17-18,20H,2-4,9-15H2,1H3,(H,23,24). The van der Waals surface area contributed by atoms with Crippen LogP contribution in [0.15, 0.2) is 24.3 Å². The number of anilines is 1. The Morgan fingerprint density at radius 2 is 1.84 bits per heavy atom. The Bertz CT molecular complexity index is 595. The fourth-order valence-electron chi connectivity index (χ4n) is 4.67. The van der Waals surface area contributed by atoms with Gasteiger partial charge in [0, 0.05) is 25.3 Å². The maximum absolute atomic E-state index is 12.6. The highest BCUT2D eigenvalue weighted by Gasteiger charge is 2.49. The number of benzene rings is 1. The number of hydrogen-bond acceptors (Lipinski definition) is 2. The lowest BCUT2D eigenvalue weighted by molar-refractivity contribution is -0.118. The third-order valence-corrected chi connectivity index (χ3v) is 6.95. The molecular formula is C22H31NO2. The van der Waals surface area contributed by atoms with Crippen molar-refractivity contribution in [1.82, 2.24) is 0 Å². The minimum absolute atomic E-state index is 0.198. The fourth-order valence-corrected chi connectivity index (χ4v) is 4.67. The molecule has 1 aromatic carbocycles. The molecule has 3 fully saturated rings. The van der Waals surface area contributed by atoms with Crippen molar-refractivity contribution in [3.8, 4) is 0 Å². The van der Waals surface area contributed by atoms with E-state index >= 15 is 0 Å². The second-order valence-electron chi connectivity index (χ2n) is 8.71. The molecule has 3 aliphatic rings. The van der Waals surface area contributed by atoms with Crippen LogP contribution < -0.4 is 5.32 Å². The van der Waals surface area contributed by atoms with Crippen LogP contribution in [0.2, 0.25) is 0 Å². The summed E-state index contributed by atoms with van der Waals surface area (Å²) < 4.78 is 5.44. The molecule has 2 saturated carbocycles. The zero-order valence-corrected chi connectivity index (χ0v) is 15.4. The van der Waals surface area contributed by atoms with E-state index in [2.05, 4.69) is 36.5 Å². The first-order valence-corrected chi connectivity index (χ1v) is 10.1. The highest BCUT2D eigenvalue weighted by molar-refractivity contribution is 5.91. The molecule has 1 aliphatic heterocycles. The molecule has 136 valence electrons. The summed E-state index contributed by atoms with van der Waals surface area (Å²) in [5, 5.41) is 3.14. The number of amides is 1. The zero-order valence-electron chi connectivity index (χ0n) is 15.4. The van der Waals surface area contributed by atoms with Gasteiger partial charge in [-0.1, -0.05) is 38.3 Å². The predicted octanol–water partition coefficient (Wildman–Crippen LogP) is 5.13. The summed E-state index contributed by atoms with van der Waals surface area (Å²) in [6.07, 6.45) is 9.53. The fraction of sp³-hybridized carbons (Fsp3) is 0.682. The van der Waals surface area contributed by atoms with Gasteiger partial charge in [0.15, 0.2) is 0 Å². The van der Waals surface area contributed by atoms with E-state index in [1.54, 1.807) is 0 Å². The molecule has 1 N–H and O–H groups in total. The van der Waals surface area contributed by atoms with Crippen LogP contribution in [0.4, 0.5) is 5.69 Å². The Labute approximate surface area is 151 Å². The first-order chi connectivity index (χ1) is 12.1. The Morgan fingerprint density at radius 1 is 1.16 bits per heavy atom. The van der Waals surface area contributed by atoms with E-state index in [0.29, 0.717) is 23.7 Å². The molecule has 25 heavy (non-hydrogen) atoms. The average Bonchev–Trinajstić information content (AvgIpc) is 3.33. The largest absolute Gasteiger partial charge is 0.381 e. The Hall–Kier alpha value is -1.35. The Morgan fingerprint density at radius 3 is 2.40 bits per heavy atom. The van der Waals surface area contributed by atoms with E-state index in [1.165, 1.54) is 37.7 Å². The van der Waals surface area contributed by atoms with E-state index in [1.807, 2.05) is 0 Å². The van der Waals surface area contributed by atoms with Gasteiger partial charge in [0.05, 0.1) is 0 Å². The van der Waals surface area contributed by atoms with Gasteiger partial charge in [-0.25, -0.2) is 0 Å². The number of hydrogen-bond donors (Lipinski definition) is 1. The number of carbonyl (C=O) groups is 1. The molecule has 4 rings (SSSR count). The number of carbonyl (C=O) groups excluding carboxylic acids is 1. The van der Waals surface area contributed by atoms with E-state index in [0.717, 1.165) is 37.7 Å². The van der Waals surface area contributed by atoms with Gasteiger partial charge in [0.2, 0.25) is 5.91 Å². The highest BCUT2D eigenvalue weighted by atomic mass is 16.5. The third-order valence-electron chi connectivity index (χ3n) is 6.95. The van der Waals surface area contributed by atoms with E-state index in [4.69, 9.17) is 4.74 Å². The van der Waals surface area contributed by atoms with Crippen molar-refractivity contribution in [3.05, 3.63) is 29.8 Å². The molecule has 1 saturated heterocycles. The van der Waals surface area contributed by atoms with Crippen molar-refractivity contribution < 1.29 is 9.53 Å². The minimum Gasteiger partial charge on any atom is -0.381 e. The normalized spacial score (nSPS) is 24.4. The van der Waals surface area contributed by atoms with Crippen LogP contribution in [0.3, 0.4) is 0 Å². The molecule has 3 heteroatoms.